The van der Waals surface area contributed by atoms with Crippen molar-refractivity contribution in [3.63, 3.8) is 0 Å². The van der Waals surface area contributed by atoms with Crippen LogP contribution in [0.2, 0.25) is 0 Å². The van der Waals surface area contributed by atoms with Gasteiger partial charge in [0, 0.05) is 11.4 Å². The van der Waals surface area contributed by atoms with Crippen molar-refractivity contribution in [3.05, 3.63) is 51.0 Å². The van der Waals surface area contributed by atoms with Crippen molar-refractivity contribution >= 4 is 41.3 Å². The second kappa shape index (κ2) is 10.3. The molecule has 0 fully saturated rings. The molecule has 1 aromatic carbocycles. The summed E-state index contributed by atoms with van der Waals surface area (Å²) in [6.45, 7) is 8.19. The van der Waals surface area contributed by atoms with Crippen LogP contribution in [0.3, 0.4) is 0 Å². The predicted molar refractivity (Wildman–Crippen MR) is 110 cm³/mol. The Morgan fingerprint density at radius 1 is 1.25 bits per heavy atom. The predicted octanol–water partition coefficient (Wildman–Crippen LogP) is 3.50. The molecule has 0 radical (unpaired) electrons. The fourth-order valence-electron chi connectivity index (χ4n) is 2.10. The summed E-state index contributed by atoms with van der Waals surface area (Å²) in [5, 5.41) is 16.5. The van der Waals surface area contributed by atoms with E-state index in [1.807, 2.05) is 45.0 Å². The maximum Gasteiger partial charge on any atom is 0.191 e. The number of aromatic nitrogens is 1. The first-order valence-corrected chi connectivity index (χ1v) is 8.38. The first-order chi connectivity index (χ1) is 11.1. The molecule has 1 aromatic heterocycles. The molecule has 0 aliphatic rings. The molecular weight excluding hydrogens is 433 g/mol. The number of nitriles is 1. The minimum absolute atomic E-state index is 0. The number of benzene rings is 1. The van der Waals surface area contributed by atoms with Crippen LogP contribution in [-0.2, 0) is 13.1 Å². The molecule has 2 aromatic rings. The molecule has 0 spiro atoms. The highest BCUT2D eigenvalue weighted by Crippen LogP contribution is 2.16. The van der Waals surface area contributed by atoms with Crippen molar-refractivity contribution in [2.75, 3.05) is 6.54 Å². The number of nitrogens with zero attached hydrogens (tertiary/aromatic N) is 3. The Morgan fingerprint density at radius 2 is 1.96 bits per heavy atom. The van der Waals surface area contributed by atoms with Gasteiger partial charge >= 0.3 is 0 Å². The Bertz CT molecular complexity index is 716. The van der Waals surface area contributed by atoms with Crippen LogP contribution in [0.5, 0.6) is 0 Å². The fraction of sp³-hybridized carbons (Fsp3) is 0.353. The van der Waals surface area contributed by atoms with Crippen molar-refractivity contribution < 1.29 is 0 Å². The monoisotopic (exact) mass is 455 g/mol. The lowest BCUT2D eigenvalue weighted by Crippen LogP contribution is -2.36. The lowest BCUT2D eigenvalue weighted by Gasteiger charge is -2.10. The minimum atomic E-state index is 0. The molecule has 0 amide bonds. The van der Waals surface area contributed by atoms with Gasteiger partial charge in [0.15, 0.2) is 5.96 Å². The number of hydrogen-bond donors (Lipinski definition) is 2. The lowest BCUT2D eigenvalue weighted by atomic mass is 10.1. The van der Waals surface area contributed by atoms with Gasteiger partial charge in [-0.1, -0.05) is 12.1 Å². The third-order valence-corrected chi connectivity index (χ3v) is 4.34. The van der Waals surface area contributed by atoms with Crippen LogP contribution in [0, 0.1) is 25.2 Å². The number of rotatable bonds is 5. The first-order valence-electron chi connectivity index (χ1n) is 7.56. The van der Waals surface area contributed by atoms with Gasteiger partial charge in [0.25, 0.3) is 0 Å². The zero-order valence-corrected chi connectivity index (χ0v) is 17.2. The van der Waals surface area contributed by atoms with Crippen molar-refractivity contribution in [2.24, 2.45) is 4.99 Å². The van der Waals surface area contributed by atoms with E-state index in [1.165, 1.54) is 4.88 Å². The molecule has 24 heavy (non-hydrogen) atoms. The Balaban J connectivity index is 0.00000288. The number of aryl methyl sites for hydroxylation is 2. The van der Waals surface area contributed by atoms with Crippen molar-refractivity contribution in [2.45, 2.75) is 33.9 Å². The number of halogens is 1. The van der Waals surface area contributed by atoms with Crippen molar-refractivity contribution in [1.82, 2.24) is 15.6 Å². The van der Waals surface area contributed by atoms with Crippen LogP contribution < -0.4 is 10.6 Å². The van der Waals surface area contributed by atoms with Crippen LogP contribution in [0.1, 0.15) is 33.6 Å². The van der Waals surface area contributed by atoms with Crippen molar-refractivity contribution in [1.29, 1.82) is 5.26 Å². The number of guanidine groups is 1. The number of hydrogen-bond acceptors (Lipinski definition) is 4. The van der Waals surface area contributed by atoms with Crippen LogP contribution in [0.25, 0.3) is 0 Å². The summed E-state index contributed by atoms with van der Waals surface area (Å²) < 4.78 is 0. The molecule has 2 rings (SSSR count). The molecule has 0 bridgehead atoms. The Morgan fingerprint density at radius 3 is 2.50 bits per heavy atom. The molecule has 0 aliphatic carbocycles. The molecule has 1 heterocycles. The molecule has 0 aliphatic heterocycles. The van der Waals surface area contributed by atoms with Gasteiger partial charge in [-0.15, -0.1) is 35.3 Å². The fourth-order valence-corrected chi connectivity index (χ4v) is 2.98. The Labute approximate surface area is 164 Å². The first kappa shape index (κ1) is 20.4. The molecular formula is C17H22IN5S. The van der Waals surface area contributed by atoms with Gasteiger partial charge in [0.1, 0.15) is 0 Å². The van der Waals surface area contributed by atoms with E-state index in [0.29, 0.717) is 12.1 Å². The van der Waals surface area contributed by atoms with Gasteiger partial charge in [-0.25, -0.2) is 9.98 Å². The highest BCUT2D eigenvalue weighted by atomic mass is 127. The van der Waals surface area contributed by atoms with E-state index in [9.17, 15) is 0 Å². The molecule has 128 valence electrons. The van der Waals surface area contributed by atoms with Crippen LogP contribution in [-0.4, -0.2) is 17.5 Å². The summed E-state index contributed by atoms with van der Waals surface area (Å²) in [5.74, 6) is 0.780. The largest absolute Gasteiger partial charge is 0.357 e. The number of aliphatic imine (C=N–C) groups is 1. The number of thiazole rings is 1. The standard InChI is InChI=1S/C17H21N5S.HI/c1-4-19-17(21-11-16-12(2)22-13(3)23-16)20-10-15-7-5-14(9-18)6-8-15;/h5-8H,4,10-11H2,1-3H3,(H2,19,20,21);1H. The highest BCUT2D eigenvalue weighted by Gasteiger charge is 2.05. The van der Waals surface area contributed by atoms with E-state index >= 15 is 0 Å². The molecule has 0 unspecified atom stereocenters. The van der Waals surface area contributed by atoms with E-state index in [1.54, 1.807) is 11.3 Å². The molecule has 5 nitrogen and oxygen atoms in total. The van der Waals surface area contributed by atoms with E-state index in [2.05, 4.69) is 26.7 Å². The number of nitrogens with one attached hydrogen (secondary N) is 2. The molecule has 0 atom stereocenters. The van der Waals surface area contributed by atoms with Crippen molar-refractivity contribution in [3.8, 4) is 6.07 Å². The molecule has 2 N–H and O–H groups in total. The molecule has 0 saturated carbocycles. The van der Waals surface area contributed by atoms with Crippen LogP contribution in [0.15, 0.2) is 29.3 Å². The van der Waals surface area contributed by atoms with E-state index in [4.69, 9.17) is 5.26 Å². The van der Waals surface area contributed by atoms with Crippen LogP contribution in [0.4, 0.5) is 0 Å². The van der Waals surface area contributed by atoms with Gasteiger partial charge in [0.05, 0.1) is 35.4 Å². The maximum absolute atomic E-state index is 8.82. The Hall–Kier alpha value is -1.66. The third kappa shape index (κ3) is 6.09. The summed E-state index contributed by atoms with van der Waals surface area (Å²) in [6.07, 6.45) is 0. The van der Waals surface area contributed by atoms with Crippen LogP contribution >= 0.6 is 35.3 Å². The molecule has 7 heteroatoms. The second-order valence-corrected chi connectivity index (χ2v) is 6.39. The van der Waals surface area contributed by atoms with Gasteiger partial charge in [-0.05, 0) is 38.5 Å². The minimum Gasteiger partial charge on any atom is -0.357 e. The SMILES string of the molecule is CCNC(=NCc1ccc(C#N)cc1)NCc1sc(C)nc1C.I. The van der Waals surface area contributed by atoms with E-state index in [-0.39, 0.29) is 24.0 Å². The van der Waals surface area contributed by atoms with Gasteiger partial charge < -0.3 is 10.6 Å². The van der Waals surface area contributed by atoms with Gasteiger partial charge in [-0.3, -0.25) is 0 Å². The summed E-state index contributed by atoms with van der Waals surface area (Å²) in [6, 6.07) is 9.61. The summed E-state index contributed by atoms with van der Waals surface area (Å²) in [7, 11) is 0. The topological polar surface area (TPSA) is 73.1 Å². The zero-order chi connectivity index (χ0) is 16.7. The quantitative estimate of drug-likeness (QED) is 0.411. The van der Waals surface area contributed by atoms with E-state index < -0.39 is 0 Å². The third-order valence-electron chi connectivity index (χ3n) is 3.26. The van der Waals surface area contributed by atoms with Gasteiger partial charge in [-0.2, -0.15) is 5.26 Å². The normalized spacial score (nSPS) is 10.7. The maximum atomic E-state index is 8.82. The van der Waals surface area contributed by atoms with Gasteiger partial charge in [0.2, 0.25) is 0 Å². The average molecular weight is 455 g/mol. The average Bonchev–Trinajstić information content (AvgIpc) is 2.88. The molecule has 0 saturated heterocycles. The zero-order valence-electron chi connectivity index (χ0n) is 14.1. The van der Waals surface area contributed by atoms with E-state index in [0.717, 1.165) is 35.3 Å². The second-order valence-electron chi connectivity index (χ2n) is 5.10. The lowest BCUT2D eigenvalue weighted by molar-refractivity contribution is 0.819. The smallest absolute Gasteiger partial charge is 0.191 e. The summed E-state index contributed by atoms with van der Waals surface area (Å²) >= 11 is 1.71. The highest BCUT2D eigenvalue weighted by molar-refractivity contribution is 14.0. The Kier molecular flexibility index (Phi) is 8.71. The summed E-state index contributed by atoms with van der Waals surface area (Å²) in [4.78, 5) is 10.3. The summed E-state index contributed by atoms with van der Waals surface area (Å²) in [5.41, 5.74) is 2.81.